The van der Waals surface area contributed by atoms with Crippen LogP contribution in [0.3, 0.4) is 0 Å². The van der Waals surface area contributed by atoms with Crippen LogP contribution in [0.1, 0.15) is 31.2 Å². The Morgan fingerprint density at radius 1 is 1.15 bits per heavy atom. The van der Waals surface area contributed by atoms with E-state index in [1.54, 1.807) is 0 Å². The number of aliphatic hydroxyl groups is 1. The molecule has 0 saturated carbocycles. The van der Waals surface area contributed by atoms with Crippen molar-refractivity contribution in [3.63, 3.8) is 0 Å². The second-order valence-corrected chi connectivity index (χ2v) is 8.10. The van der Waals surface area contributed by atoms with Gasteiger partial charge in [0.05, 0.1) is 12.0 Å². The van der Waals surface area contributed by atoms with Crippen LogP contribution in [-0.2, 0) is 11.3 Å². The molecule has 6 nitrogen and oxygen atoms in total. The van der Waals surface area contributed by atoms with Crippen molar-refractivity contribution in [2.24, 2.45) is 5.92 Å². The highest BCUT2D eigenvalue weighted by atomic mass is 16.3. The lowest BCUT2D eigenvalue weighted by molar-refractivity contribution is -0.148. The first kappa shape index (κ1) is 17.9. The molecule has 0 spiro atoms. The van der Waals surface area contributed by atoms with Crippen molar-refractivity contribution in [3.05, 3.63) is 30.1 Å². The van der Waals surface area contributed by atoms with Crippen molar-refractivity contribution in [1.82, 2.24) is 19.7 Å². The van der Waals surface area contributed by atoms with Gasteiger partial charge in [0, 0.05) is 44.6 Å². The number of amides is 1. The Kier molecular flexibility index (Phi) is 5.52. The van der Waals surface area contributed by atoms with Gasteiger partial charge in [-0.15, -0.1) is 0 Å². The smallest absolute Gasteiger partial charge is 0.227 e. The summed E-state index contributed by atoms with van der Waals surface area (Å²) in [6.45, 7) is 6.31. The zero-order valence-corrected chi connectivity index (χ0v) is 15.5. The van der Waals surface area contributed by atoms with E-state index in [0.717, 1.165) is 45.6 Å². The van der Waals surface area contributed by atoms with Crippen LogP contribution in [0.5, 0.6) is 0 Å². The van der Waals surface area contributed by atoms with Gasteiger partial charge in [-0.25, -0.2) is 0 Å². The van der Waals surface area contributed by atoms with Crippen molar-refractivity contribution >= 4 is 5.91 Å². The molecule has 1 aromatic rings. The molecule has 1 unspecified atom stereocenters. The summed E-state index contributed by atoms with van der Waals surface area (Å²) in [5.41, 5.74) is 1.28. The lowest BCUT2D eigenvalue weighted by atomic mass is 9.92. The number of nitrogens with zero attached hydrogens (tertiary/aromatic N) is 4. The minimum atomic E-state index is -0.303. The molecule has 6 heteroatoms. The van der Waals surface area contributed by atoms with Gasteiger partial charge in [0.1, 0.15) is 0 Å². The number of piperidine rings is 2. The van der Waals surface area contributed by atoms with Crippen LogP contribution in [0.15, 0.2) is 24.5 Å². The maximum atomic E-state index is 12.6. The van der Waals surface area contributed by atoms with Gasteiger partial charge in [-0.3, -0.25) is 19.6 Å². The maximum Gasteiger partial charge on any atom is 0.227 e. The molecular weight excluding hydrogens is 328 g/mol. The first-order valence-electron chi connectivity index (χ1n) is 10.0. The molecule has 3 fully saturated rings. The zero-order valence-electron chi connectivity index (χ0n) is 15.5. The summed E-state index contributed by atoms with van der Waals surface area (Å²) in [7, 11) is 0. The summed E-state index contributed by atoms with van der Waals surface area (Å²) in [4.78, 5) is 23.7. The molecule has 0 aromatic carbocycles. The number of aliphatic hydroxyl groups excluding tert-OH is 1. The molecule has 4 rings (SSSR count). The van der Waals surface area contributed by atoms with Crippen LogP contribution in [-0.4, -0.2) is 82.1 Å². The number of carbonyl (C=O) groups is 1. The summed E-state index contributed by atoms with van der Waals surface area (Å²) in [5, 5.41) is 9.44. The van der Waals surface area contributed by atoms with Gasteiger partial charge >= 0.3 is 0 Å². The predicted molar refractivity (Wildman–Crippen MR) is 99.4 cm³/mol. The zero-order chi connectivity index (χ0) is 17.9. The SMILES string of the molecule is O=C(C1CCCN(C2CCN(Cc3cccnc3)CC2)C1)N1CC(O)C1. The number of pyridine rings is 1. The Morgan fingerprint density at radius 2 is 1.96 bits per heavy atom. The van der Waals surface area contributed by atoms with Gasteiger partial charge in [0.2, 0.25) is 5.91 Å². The molecule has 0 radical (unpaired) electrons. The molecule has 0 bridgehead atoms. The van der Waals surface area contributed by atoms with Gasteiger partial charge in [-0.05, 0) is 56.9 Å². The number of β-amino-alcohol motifs (C(OH)–C–C–N with tert-alkyl or cyclic N) is 1. The van der Waals surface area contributed by atoms with Gasteiger partial charge in [-0.2, -0.15) is 0 Å². The fourth-order valence-electron chi connectivity index (χ4n) is 4.63. The lowest BCUT2D eigenvalue weighted by Gasteiger charge is -2.44. The Morgan fingerprint density at radius 3 is 2.65 bits per heavy atom. The predicted octanol–water partition coefficient (Wildman–Crippen LogP) is 0.961. The third-order valence-electron chi connectivity index (χ3n) is 6.18. The number of aromatic nitrogens is 1. The van der Waals surface area contributed by atoms with Crippen molar-refractivity contribution in [2.75, 3.05) is 39.3 Å². The van der Waals surface area contributed by atoms with E-state index in [1.165, 1.54) is 18.4 Å². The standard InChI is InChI=1S/C20H30N4O2/c25-19-14-24(15-19)20(26)17-4-2-8-23(13-17)18-5-9-22(10-6-18)12-16-3-1-7-21-11-16/h1,3,7,11,17-19,25H,2,4-6,8-10,12-15H2. The molecule has 0 aliphatic carbocycles. The van der Waals surface area contributed by atoms with E-state index in [0.29, 0.717) is 19.1 Å². The van der Waals surface area contributed by atoms with Crippen LogP contribution in [0.4, 0.5) is 0 Å². The summed E-state index contributed by atoms with van der Waals surface area (Å²) < 4.78 is 0. The maximum absolute atomic E-state index is 12.6. The quantitative estimate of drug-likeness (QED) is 0.869. The van der Waals surface area contributed by atoms with Gasteiger partial charge in [-0.1, -0.05) is 6.07 Å². The molecule has 3 saturated heterocycles. The van der Waals surface area contributed by atoms with Crippen molar-refractivity contribution in [1.29, 1.82) is 0 Å². The monoisotopic (exact) mass is 358 g/mol. The van der Waals surface area contributed by atoms with Crippen molar-refractivity contribution in [3.8, 4) is 0 Å². The Labute approximate surface area is 155 Å². The summed E-state index contributed by atoms with van der Waals surface area (Å²) in [5.74, 6) is 0.388. The number of likely N-dealkylation sites (tertiary alicyclic amines) is 3. The van der Waals surface area contributed by atoms with E-state index in [9.17, 15) is 9.90 Å². The number of carbonyl (C=O) groups excluding carboxylic acids is 1. The van der Waals surface area contributed by atoms with Crippen LogP contribution >= 0.6 is 0 Å². The van der Waals surface area contributed by atoms with E-state index < -0.39 is 0 Å². The van der Waals surface area contributed by atoms with Gasteiger partial charge in [0.15, 0.2) is 0 Å². The van der Waals surface area contributed by atoms with Crippen molar-refractivity contribution < 1.29 is 9.90 Å². The first-order chi connectivity index (χ1) is 12.7. The van der Waals surface area contributed by atoms with Crippen LogP contribution in [0, 0.1) is 5.92 Å². The molecule has 1 N–H and O–H groups in total. The highest BCUT2D eigenvalue weighted by Crippen LogP contribution is 2.26. The summed E-state index contributed by atoms with van der Waals surface area (Å²) >= 11 is 0. The summed E-state index contributed by atoms with van der Waals surface area (Å²) in [6, 6.07) is 4.76. The Bertz CT molecular complexity index is 597. The normalized spacial score (nSPS) is 26.7. The molecule has 142 valence electrons. The number of hydrogen-bond donors (Lipinski definition) is 1. The van der Waals surface area contributed by atoms with E-state index in [2.05, 4.69) is 20.9 Å². The van der Waals surface area contributed by atoms with Crippen LogP contribution < -0.4 is 0 Å². The van der Waals surface area contributed by atoms with E-state index in [4.69, 9.17) is 0 Å². The fourth-order valence-corrected chi connectivity index (χ4v) is 4.63. The van der Waals surface area contributed by atoms with Crippen LogP contribution in [0.2, 0.25) is 0 Å². The third-order valence-corrected chi connectivity index (χ3v) is 6.18. The first-order valence-corrected chi connectivity index (χ1v) is 10.0. The Balaban J connectivity index is 1.25. The highest BCUT2D eigenvalue weighted by molar-refractivity contribution is 5.80. The average Bonchev–Trinajstić information content (AvgIpc) is 2.66. The van der Waals surface area contributed by atoms with Gasteiger partial charge in [0.25, 0.3) is 0 Å². The molecule has 1 atom stereocenters. The second kappa shape index (κ2) is 8.03. The summed E-state index contributed by atoms with van der Waals surface area (Å²) in [6.07, 6.45) is 7.96. The largest absolute Gasteiger partial charge is 0.389 e. The van der Waals surface area contributed by atoms with E-state index >= 15 is 0 Å². The number of rotatable bonds is 4. The minimum absolute atomic E-state index is 0.129. The molecule has 3 aliphatic heterocycles. The number of hydrogen-bond acceptors (Lipinski definition) is 5. The highest BCUT2D eigenvalue weighted by Gasteiger charge is 2.37. The average molecular weight is 358 g/mol. The van der Waals surface area contributed by atoms with Crippen LogP contribution in [0.25, 0.3) is 0 Å². The third kappa shape index (κ3) is 4.08. The molecule has 3 aliphatic rings. The fraction of sp³-hybridized carbons (Fsp3) is 0.700. The van der Waals surface area contributed by atoms with E-state index in [1.807, 2.05) is 23.4 Å². The topological polar surface area (TPSA) is 59.9 Å². The molecule has 1 amide bonds. The molecule has 1 aromatic heterocycles. The van der Waals surface area contributed by atoms with Gasteiger partial charge < -0.3 is 10.0 Å². The second-order valence-electron chi connectivity index (χ2n) is 8.10. The van der Waals surface area contributed by atoms with E-state index in [-0.39, 0.29) is 17.9 Å². The van der Waals surface area contributed by atoms with Crippen molar-refractivity contribution in [2.45, 2.75) is 44.4 Å². The lowest BCUT2D eigenvalue weighted by Crippen LogP contribution is -2.58. The molecule has 26 heavy (non-hydrogen) atoms. The molecule has 4 heterocycles. The Hall–Kier alpha value is -1.50. The minimum Gasteiger partial charge on any atom is -0.389 e. The molecular formula is C20H30N4O2.